The van der Waals surface area contributed by atoms with Crippen LogP contribution in [-0.4, -0.2) is 48.1 Å². The van der Waals surface area contributed by atoms with Crippen LogP contribution in [-0.2, 0) is 0 Å². The highest BCUT2D eigenvalue weighted by Crippen LogP contribution is 2.22. The van der Waals surface area contributed by atoms with E-state index in [0.29, 0.717) is 31.7 Å². The number of hydrogen-bond acceptors (Lipinski definition) is 2. The van der Waals surface area contributed by atoms with Gasteiger partial charge in [-0.05, 0) is 40.9 Å². The SMILES string of the molecule is O=C(NCC1CCN(CC(F)(F)F)C1)c1cc(Br)c[nH]1. The maximum Gasteiger partial charge on any atom is 0.401 e. The summed E-state index contributed by atoms with van der Waals surface area (Å²) in [5.74, 6) is -0.176. The molecule has 0 saturated carbocycles. The molecule has 1 atom stereocenters. The van der Waals surface area contributed by atoms with Gasteiger partial charge in [0.15, 0.2) is 0 Å². The number of nitrogens with zero attached hydrogens (tertiary/aromatic N) is 1. The van der Waals surface area contributed by atoms with Gasteiger partial charge in [0.05, 0.1) is 6.54 Å². The summed E-state index contributed by atoms with van der Waals surface area (Å²) in [6, 6.07) is 1.65. The lowest BCUT2D eigenvalue weighted by Crippen LogP contribution is -2.34. The molecule has 1 aliphatic heterocycles. The number of alkyl halides is 3. The van der Waals surface area contributed by atoms with Gasteiger partial charge >= 0.3 is 6.18 Å². The second-order valence-electron chi connectivity index (χ2n) is 4.95. The molecule has 1 amide bonds. The first-order valence-electron chi connectivity index (χ1n) is 6.25. The third kappa shape index (κ3) is 4.52. The molecule has 8 heteroatoms. The van der Waals surface area contributed by atoms with Gasteiger partial charge in [-0.1, -0.05) is 0 Å². The molecule has 2 rings (SSSR count). The molecular formula is C12H15BrF3N3O. The van der Waals surface area contributed by atoms with Gasteiger partial charge in [-0.25, -0.2) is 0 Å². The molecule has 2 heterocycles. The highest BCUT2D eigenvalue weighted by atomic mass is 79.9. The molecule has 1 aromatic rings. The summed E-state index contributed by atoms with van der Waals surface area (Å²) in [4.78, 5) is 15.9. The minimum atomic E-state index is -4.16. The summed E-state index contributed by atoms with van der Waals surface area (Å²) in [5.41, 5.74) is 0.432. The Morgan fingerprint density at radius 3 is 2.90 bits per heavy atom. The molecule has 0 aliphatic carbocycles. The molecule has 112 valence electrons. The number of halogens is 4. The maximum atomic E-state index is 12.3. The van der Waals surface area contributed by atoms with Crippen molar-refractivity contribution < 1.29 is 18.0 Å². The fourth-order valence-corrected chi connectivity index (χ4v) is 2.65. The second kappa shape index (κ2) is 6.17. The fraction of sp³-hybridized carbons (Fsp3) is 0.583. The van der Waals surface area contributed by atoms with Crippen LogP contribution >= 0.6 is 15.9 Å². The molecule has 1 unspecified atom stereocenters. The zero-order valence-electron chi connectivity index (χ0n) is 10.6. The Kier molecular flexibility index (Phi) is 4.74. The van der Waals surface area contributed by atoms with Crippen molar-refractivity contribution in [1.29, 1.82) is 0 Å². The lowest BCUT2D eigenvalue weighted by molar-refractivity contribution is -0.143. The molecule has 0 radical (unpaired) electrons. The maximum absolute atomic E-state index is 12.3. The van der Waals surface area contributed by atoms with E-state index >= 15 is 0 Å². The summed E-state index contributed by atoms with van der Waals surface area (Å²) < 4.78 is 37.5. The number of carbonyl (C=O) groups excluding carboxylic acids is 1. The first-order chi connectivity index (χ1) is 9.33. The third-order valence-electron chi connectivity index (χ3n) is 3.22. The standard InChI is InChI=1S/C12H15BrF3N3O/c13-9-3-10(17-5-9)11(20)18-4-8-1-2-19(6-8)7-12(14,15)16/h3,5,8,17H,1-2,4,6-7H2,(H,18,20). The van der Waals surface area contributed by atoms with Crippen molar-refractivity contribution in [2.45, 2.75) is 12.6 Å². The van der Waals surface area contributed by atoms with Crippen molar-refractivity contribution in [3.05, 3.63) is 22.4 Å². The van der Waals surface area contributed by atoms with Crippen LogP contribution in [0.4, 0.5) is 13.2 Å². The smallest absolute Gasteiger partial charge is 0.356 e. The van der Waals surface area contributed by atoms with Gasteiger partial charge in [0.1, 0.15) is 5.69 Å². The van der Waals surface area contributed by atoms with Gasteiger partial charge < -0.3 is 10.3 Å². The highest BCUT2D eigenvalue weighted by Gasteiger charge is 2.34. The predicted molar refractivity (Wildman–Crippen MR) is 71.4 cm³/mol. The Hall–Kier alpha value is -1.02. The van der Waals surface area contributed by atoms with Crippen LogP contribution in [0.3, 0.4) is 0 Å². The summed E-state index contributed by atoms with van der Waals surface area (Å²) in [6.45, 7) is 0.313. The lowest BCUT2D eigenvalue weighted by Gasteiger charge is -2.17. The lowest BCUT2D eigenvalue weighted by atomic mass is 10.1. The quantitative estimate of drug-likeness (QED) is 0.873. The molecule has 0 spiro atoms. The van der Waals surface area contributed by atoms with E-state index < -0.39 is 12.7 Å². The molecule has 1 aromatic heterocycles. The summed E-state index contributed by atoms with van der Waals surface area (Å²) in [6.07, 6.45) is -1.84. The molecule has 0 aromatic carbocycles. The van der Waals surface area contributed by atoms with Crippen LogP contribution in [0.15, 0.2) is 16.7 Å². The number of H-pyrrole nitrogens is 1. The van der Waals surface area contributed by atoms with Gasteiger partial charge in [0, 0.05) is 23.8 Å². The van der Waals surface area contributed by atoms with Crippen molar-refractivity contribution in [3.63, 3.8) is 0 Å². The van der Waals surface area contributed by atoms with Gasteiger partial charge in [0.2, 0.25) is 0 Å². The number of rotatable bonds is 4. The van der Waals surface area contributed by atoms with Crippen LogP contribution in [0.25, 0.3) is 0 Å². The van der Waals surface area contributed by atoms with E-state index in [1.165, 1.54) is 4.90 Å². The van der Waals surface area contributed by atoms with E-state index in [4.69, 9.17) is 0 Å². The van der Waals surface area contributed by atoms with Crippen molar-refractivity contribution in [3.8, 4) is 0 Å². The van der Waals surface area contributed by atoms with Gasteiger partial charge in [-0.15, -0.1) is 0 Å². The van der Waals surface area contributed by atoms with Gasteiger partial charge in [-0.2, -0.15) is 13.2 Å². The Labute approximate surface area is 122 Å². The minimum absolute atomic E-state index is 0.0692. The molecular weight excluding hydrogens is 339 g/mol. The number of aromatic nitrogens is 1. The van der Waals surface area contributed by atoms with E-state index in [0.717, 1.165) is 4.47 Å². The van der Waals surface area contributed by atoms with E-state index in [9.17, 15) is 18.0 Å². The zero-order valence-corrected chi connectivity index (χ0v) is 12.2. The average Bonchev–Trinajstić information content (AvgIpc) is 2.93. The largest absolute Gasteiger partial charge is 0.401 e. The second-order valence-corrected chi connectivity index (χ2v) is 5.86. The predicted octanol–water partition coefficient (Wildman–Crippen LogP) is 2.39. The van der Waals surface area contributed by atoms with Crippen LogP contribution in [0.1, 0.15) is 16.9 Å². The van der Waals surface area contributed by atoms with E-state index in [-0.39, 0.29) is 11.8 Å². The fourth-order valence-electron chi connectivity index (χ4n) is 2.31. The van der Waals surface area contributed by atoms with E-state index in [1.807, 2.05) is 0 Å². The number of carbonyl (C=O) groups is 1. The van der Waals surface area contributed by atoms with Gasteiger partial charge in [-0.3, -0.25) is 9.69 Å². The van der Waals surface area contributed by atoms with Crippen LogP contribution < -0.4 is 5.32 Å². The average molecular weight is 354 g/mol. The first kappa shape index (κ1) is 15.4. The normalized spacial score (nSPS) is 20.3. The zero-order chi connectivity index (χ0) is 14.8. The Balaban J connectivity index is 1.74. The third-order valence-corrected chi connectivity index (χ3v) is 3.67. The van der Waals surface area contributed by atoms with Crippen molar-refractivity contribution in [1.82, 2.24) is 15.2 Å². The molecule has 20 heavy (non-hydrogen) atoms. The Morgan fingerprint density at radius 1 is 1.55 bits per heavy atom. The van der Waals surface area contributed by atoms with Gasteiger partial charge in [0.25, 0.3) is 5.91 Å². The minimum Gasteiger partial charge on any atom is -0.356 e. The topological polar surface area (TPSA) is 48.1 Å². The van der Waals surface area contributed by atoms with Crippen molar-refractivity contribution >= 4 is 21.8 Å². The molecule has 0 bridgehead atoms. The summed E-state index contributed by atoms with van der Waals surface area (Å²) in [5, 5.41) is 2.74. The number of amides is 1. The number of likely N-dealkylation sites (tertiary alicyclic amines) is 1. The van der Waals surface area contributed by atoms with E-state index in [1.54, 1.807) is 12.3 Å². The first-order valence-corrected chi connectivity index (χ1v) is 7.04. The molecule has 4 nitrogen and oxygen atoms in total. The monoisotopic (exact) mass is 353 g/mol. The molecule has 1 saturated heterocycles. The van der Waals surface area contributed by atoms with Crippen LogP contribution in [0.2, 0.25) is 0 Å². The van der Waals surface area contributed by atoms with Crippen LogP contribution in [0, 0.1) is 5.92 Å². The Bertz CT molecular complexity index is 475. The molecule has 2 N–H and O–H groups in total. The van der Waals surface area contributed by atoms with Crippen molar-refractivity contribution in [2.24, 2.45) is 5.92 Å². The highest BCUT2D eigenvalue weighted by molar-refractivity contribution is 9.10. The number of nitrogens with one attached hydrogen (secondary N) is 2. The number of aromatic amines is 1. The van der Waals surface area contributed by atoms with E-state index in [2.05, 4.69) is 26.2 Å². The molecule has 1 fully saturated rings. The number of hydrogen-bond donors (Lipinski definition) is 2. The summed E-state index contributed by atoms with van der Waals surface area (Å²) >= 11 is 3.23. The summed E-state index contributed by atoms with van der Waals surface area (Å²) in [7, 11) is 0. The van der Waals surface area contributed by atoms with Crippen LogP contribution in [0.5, 0.6) is 0 Å². The Morgan fingerprint density at radius 2 is 2.30 bits per heavy atom. The van der Waals surface area contributed by atoms with Crippen molar-refractivity contribution in [2.75, 3.05) is 26.2 Å². The molecule has 1 aliphatic rings.